The van der Waals surface area contributed by atoms with Crippen LogP contribution in [0.15, 0.2) is 65.8 Å². The molecule has 7 heteroatoms. The van der Waals surface area contributed by atoms with Crippen molar-refractivity contribution in [2.45, 2.75) is 12.5 Å². The first-order valence-electron chi connectivity index (χ1n) is 11.9. The Morgan fingerprint density at radius 1 is 0.829 bits per heavy atom. The number of anilines is 1. The fraction of sp³-hybridized carbons (Fsp3) is 0.321. The van der Waals surface area contributed by atoms with Gasteiger partial charge in [0, 0.05) is 17.4 Å². The molecule has 2 bridgehead atoms. The molecule has 0 spiro atoms. The van der Waals surface area contributed by atoms with Crippen molar-refractivity contribution >= 4 is 34.0 Å². The van der Waals surface area contributed by atoms with Gasteiger partial charge >= 0.3 is 0 Å². The Bertz CT molecular complexity index is 1430. The predicted octanol–water partition coefficient (Wildman–Crippen LogP) is 4.03. The predicted molar refractivity (Wildman–Crippen MR) is 129 cm³/mol. The molecule has 0 unspecified atom stereocenters. The van der Waals surface area contributed by atoms with E-state index in [0.717, 1.165) is 28.5 Å². The fourth-order valence-corrected chi connectivity index (χ4v) is 6.93. The van der Waals surface area contributed by atoms with E-state index >= 15 is 0 Å². The smallest absolute Gasteiger partial charge is 0.238 e. The number of hydrogen-bond acceptors (Lipinski definition) is 6. The summed E-state index contributed by atoms with van der Waals surface area (Å²) in [4.78, 5) is 34.7. The van der Waals surface area contributed by atoms with Crippen LogP contribution in [0.5, 0.6) is 11.5 Å². The molecule has 7 nitrogen and oxygen atoms in total. The molecule has 1 saturated heterocycles. The van der Waals surface area contributed by atoms with Crippen LogP contribution in [0.4, 0.5) is 5.69 Å². The lowest BCUT2D eigenvalue weighted by Gasteiger charge is -2.29. The average molecular weight is 469 g/mol. The van der Waals surface area contributed by atoms with E-state index in [1.807, 2.05) is 60.7 Å². The number of methoxy groups -OCH3 is 2. The van der Waals surface area contributed by atoms with Crippen LogP contribution < -0.4 is 14.4 Å². The number of benzene rings is 3. The van der Waals surface area contributed by atoms with E-state index in [-0.39, 0.29) is 47.5 Å². The van der Waals surface area contributed by atoms with Crippen molar-refractivity contribution in [2.75, 3.05) is 19.1 Å². The molecule has 0 aromatic heterocycles. The number of ether oxygens (including phenoxy) is 2. The summed E-state index contributed by atoms with van der Waals surface area (Å²) in [6.45, 7) is 0. The van der Waals surface area contributed by atoms with Crippen LogP contribution in [0.3, 0.4) is 0 Å². The minimum Gasteiger partial charge on any atom is -0.493 e. The second kappa shape index (κ2) is 7.31. The summed E-state index contributed by atoms with van der Waals surface area (Å²) in [6, 6.07) is 19.4. The Morgan fingerprint density at radius 3 is 2.34 bits per heavy atom. The normalized spacial score (nSPS) is 30.3. The van der Waals surface area contributed by atoms with E-state index in [1.165, 1.54) is 4.90 Å². The molecule has 2 aliphatic heterocycles. The second-order valence-corrected chi connectivity index (χ2v) is 9.80. The van der Waals surface area contributed by atoms with E-state index in [0.29, 0.717) is 17.2 Å². The number of nitrogens with zero attached hydrogens (tertiary/aromatic N) is 2. The minimum atomic E-state index is -0.347. The number of amides is 2. The third-order valence-electron chi connectivity index (χ3n) is 8.36. The van der Waals surface area contributed by atoms with Crippen molar-refractivity contribution in [2.24, 2.45) is 34.7 Å². The zero-order chi connectivity index (χ0) is 23.8. The van der Waals surface area contributed by atoms with Crippen LogP contribution in [0.25, 0.3) is 10.8 Å². The zero-order valence-corrected chi connectivity index (χ0v) is 19.4. The number of rotatable bonds is 4. The van der Waals surface area contributed by atoms with Crippen LogP contribution in [0.1, 0.15) is 12.0 Å². The summed E-state index contributed by atoms with van der Waals surface area (Å²) in [5.74, 6) is 0.350. The van der Waals surface area contributed by atoms with Crippen LogP contribution in [-0.4, -0.2) is 37.8 Å². The van der Waals surface area contributed by atoms with Gasteiger partial charge < -0.3 is 14.3 Å². The highest BCUT2D eigenvalue weighted by Gasteiger charge is 2.70. The van der Waals surface area contributed by atoms with E-state index in [1.54, 1.807) is 14.2 Å². The maximum absolute atomic E-state index is 13.7. The van der Waals surface area contributed by atoms with Gasteiger partial charge in [-0.15, -0.1) is 0 Å². The van der Waals surface area contributed by atoms with E-state index in [4.69, 9.17) is 14.3 Å². The Hall–Kier alpha value is -3.87. The van der Waals surface area contributed by atoms with Crippen molar-refractivity contribution in [3.63, 3.8) is 0 Å². The molecule has 4 aliphatic rings. The largest absolute Gasteiger partial charge is 0.493 e. The average Bonchev–Trinajstić information content (AvgIpc) is 3.63. The number of hydrogen-bond donors (Lipinski definition) is 0. The third-order valence-corrected chi connectivity index (χ3v) is 8.36. The molecule has 0 radical (unpaired) electrons. The van der Waals surface area contributed by atoms with Gasteiger partial charge in [-0.2, -0.15) is 0 Å². The fourth-order valence-electron chi connectivity index (χ4n) is 6.93. The summed E-state index contributed by atoms with van der Waals surface area (Å²) >= 11 is 0. The quantitative estimate of drug-likeness (QED) is 0.541. The summed E-state index contributed by atoms with van der Waals surface area (Å²) in [7, 11) is 3.20. The number of carbonyl (C=O) groups is 2. The maximum Gasteiger partial charge on any atom is 0.238 e. The molecule has 0 N–H and O–H groups in total. The van der Waals surface area contributed by atoms with E-state index < -0.39 is 0 Å². The molecule has 7 rings (SSSR count). The number of oxime groups is 1. The summed E-state index contributed by atoms with van der Waals surface area (Å²) in [6.07, 6.45) is 0.623. The van der Waals surface area contributed by atoms with Gasteiger partial charge in [0.25, 0.3) is 0 Å². The molecular formula is C28H24N2O5. The van der Waals surface area contributed by atoms with Gasteiger partial charge in [0.05, 0.1) is 37.5 Å². The number of imide groups is 1. The topological polar surface area (TPSA) is 77.4 Å². The lowest BCUT2D eigenvalue weighted by Crippen LogP contribution is -2.41. The number of carbonyl (C=O) groups excluding carboxylic acids is 2. The van der Waals surface area contributed by atoms with Gasteiger partial charge in [0.2, 0.25) is 11.8 Å². The van der Waals surface area contributed by atoms with Gasteiger partial charge in [-0.25, -0.2) is 0 Å². The van der Waals surface area contributed by atoms with Crippen LogP contribution in [0, 0.1) is 29.6 Å². The molecule has 35 heavy (non-hydrogen) atoms. The van der Waals surface area contributed by atoms with Gasteiger partial charge in [-0.1, -0.05) is 35.5 Å². The Morgan fingerprint density at radius 2 is 1.57 bits per heavy atom. The van der Waals surface area contributed by atoms with Crippen molar-refractivity contribution < 1.29 is 23.9 Å². The molecule has 2 heterocycles. The highest BCUT2D eigenvalue weighted by atomic mass is 16.6. The van der Waals surface area contributed by atoms with Gasteiger partial charge in [-0.05, 0) is 53.4 Å². The molecule has 3 aromatic carbocycles. The first kappa shape index (κ1) is 20.5. The summed E-state index contributed by atoms with van der Waals surface area (Å²) < 4.78 is 10.8. The Labute approximate surface area is 202 Å². The highest BCUT2D eigenvalue weighted by Crippen LogP contribution is 2.62. The van der Waals surface area contributed by atoms with Crippen molar-refractivity contribution in [3.05, 3.63) is 66.2 Å². The minimum absolute atomic E-state index is 0.0155. The second-order valence-electron chi connectivity index (χ2n) is 9.80. The molecule has 3 aromatic rings. The first-order chi connectivity index (χ1) is 17.1. The van der Waals surface area contributed by atoms with E-state index in [9.17, 15) is 9.59 Å². The summed E-state index contributed by atoms with van der Waals surface area (Å²) in [5.41, 5.74) is 2.36. The molecule has 2 saturated carbocycles. The monoisotopic (exact) mass is 468 g/mol. The standard InChI is InChI=1S/C28H24N2O5/c1-33-20-10-8-16(12-21(20)34-2)25-24-18-13-19(26(24)35-29-25)23-22(18)27(31)30(28(23)32)17-9-7-14-5-3-4-6-15(14)11-17/h3-12,18-19,22-24,26H,13H2,1-2H3/t18-,19-,22-,23-,24-,26+/m1/s1. The van der Waals surface area contributed by atoms with Gasteiger partial charge in [0.15, 0.2) is 11.5 Å². The van der Waals surface area contributed by atoms with Crippen LogP contribution in [-0.2, 0) is 14.4 Å². The van der Waals surface area contributed by atoms with Crippen molar-refractivity contribution in [3.8, 4) is 11.5 Å². The van der Waals surface area contributed by atoms with Crippen LogP contribution >= 0.6 is 0 Å². The SMILES string of the molecule is COc1ccc(C2=NO[C@H]3[C@@H]4C[C@H]([C@H]5C(=O)N(c6ccc7ccccc7c6)C(=O)[C@H]45)[C@H]23)cc1OC. The van der Waals surface area contributed by atoms with Crippen molar-refractivity contribution in [1.82, 2.24) is 0 Å². The van der Waals surface area contributed by atoms with Crippen molar-refractivity contribution in [1.29, 1.82) is 0 Å². The molecule has 3 fully saturated rings. The third kappa shape index (κ3) is 2.69. The zero-order valence-electron chi connectivity index (χ0n) is 19.4. The first-order valence-corrected chi connectivity index (χ1v) is 11.9. The maximum atomic E-state index is 13.7. The molecule has 176 valence electrons. The van der Waals surface area contributed by atoms with Crippen LogP contribution in [0.2, 0.25) is 0 Å². The Kier molecular flexibility index (Phi) is 4.28. The molecule has 2 aliphatic carbocycles. The van der Waals surface area contributed by atoms with Gasteiger partial charge in [0.1, 0.15) is 6.10 Å². The molecule has 2 amide bonds. The number of fused-ring (bicyclic) bond motifs is 9. The Balaban J connectivity index is 1.23. The van der Waals surface area contributed by atoms with Gasteiger partial charge in [-0.3, -0.25) is 14.5 Å². The molecule has 6 atom stereocenters. The lowest BCUT2D eigenvalue weighted by atomic mass is 9.71. The highest BCUT2D eigenvalue weighted by molar-refractivity contribution is 6.23. The molecular weight excluding hydrogens is 444 g/mol. The van der Waals surface area contributed by atoms with E-state index in [2.05, 4.69) is 5.16 Å². The lowest BCUT2D eigenvalue weighted by molar-refractivity contribution is -0.125. The summed E-state index contributed by atoms with van der Waals surface area (Å²) in [5, 5.41) is 6.52.